The van der Waals surface area contributed by atoms with E-state index in [-0.39, 0.29) is 39.5 Å². The van der Waals surface area contributed by atoms with E-state index in [0.29, 0.717) is 11.2 Å². The minimum absolute atomic E-state index is 0.0925. The molecule has 37 heavy (non-hydrogen) atoms. The quantitative estimate of drug-likeness (QED) is 0.361. The minimum Gasteiger partial charge on any atom is -0.324 e. The van der Waals surface area contributed by atoms with Crippen LogP contribution in [0.15, 0.2) is 58.6 Å². The highest BCUT2D eigenvalue weighted by molar-refractivity contribution is 6.34. The van der Waals surface area contributed by atoms with Gasteiger partial charge in [-0.15, -0.1) is 0 Å². The van der Waals surface area contributed by atoms with Crippen LogP contribution in [0, 0.1) is 17.1 Å². The van der Waals surface area contributed by atoms with Gasteiger partial charge < -0.3 is 5.32 Å². The Morgan fingerprint density at radius 2 is 1.95 bits per heavy atom. The van der Waals surface area contributed by atoms with Crippen molar-refractivity contribution in [2.75, 3.05) is 5.32 Å². The fraction of sp³-hybridized carbons (Fsp3) is 0.0870. The van der Waals surface area contributed by atoms with E-state index in [4.69, 9.17) is 23.2 Å². The summed E-state index contributed by atoms with van der Waals surface area (Å²) in [6.07, 6.45) is 5.28. The number of aromatic nitrogens is 7. The molecule has 0 atom stereocenters. The number of nitrogens with zero attached hydrogens (tertiary/aromatic N) is 8. The van der Waals surface area contributed by atoms with Crippen molar-refractivity contribution in [2.24, 2.45) is 7.05 Å². The molecular formula is C23H14Cl2FN9O2. The van der Waals surface area contributed by atoms with Crippen molar-refractivity contribution in [1.82, 2.24) is 33.9 Å². The summed E-state index contributed by atoms with van der Waals surface area (Å²) in [5.41, 5.74) is -0.701. The van der Waals surface area contributed by atoms with Crippen LogP contribution in [-0.2, 0) is 13.6 Å². The summed E-state index contributed by atoms with van der Waals surface area (Å²) in [5, 5.41) is 17.6. The van der Waals surface area contributed by atoms with E-state index in [1.165, 1.54) is 24.5 Å². The summed E-state index contributed by atoms with van der Waals surface area (Å²) in [6.45, 7) is -0.260. The van der Waals surface area contributed by atoms with Crippen LogP contribution in [0.3, 0.4) is 0 Å². The fourth-order valence-electron chi connectivity index (χ4n) is 3.68. The third-order valence-corrected chi connectivity index (χ3v) is 5.85. The van der Waals surface area contributed by atoms with Gasteiger partial charge in [-0.1, -0.05) is 23.2 Å². The van der Waals surface area contributed by atoms with E-state index < -0.39 is 17.2 Å². The van der Waals surface area contributed by atoms with Crippen LogP contribution in [0.1, 0.15) is 11.3 Å². The lowest BCUT2D eigenvalue weighted by Gasteiger charge is -2.16. The Morgan fingerprint density at radius 3 is 2.70 bits per heavy atom. The molecule has 1 aromatic carbocycles. The number of fused-ring (bicyclic) bond motifs is 1. The SMILES string of the molecule is Cn1cc2cc(Nc3nc(=O)n(-c4cncc(Cl)c4)c(=O)n3Cc3cc(C#N)c(F)cn3)c(Cl)cc2n1. The number of halogens is 3. The number of anilines is 2. The largest absolute Gasteiger partial charge is 0.359 e. The average molecular weight is 538 g/mol. The molecule has 5 aromatic rings. The summed E-state index contributed by atoms with van der Waals surface area (Å²) in [4.78, 5) is 38.5. The van der Waals surface area contributed by atoms with Crippen LogP contribution in [-0.4, -0.2) is 33.9 Å². The maximum absolute atomic E-state index is 13.8. The molecule has 0 aliphatic rings. The van der Waals surface area contributed by atoms with Crippen LogP contribution in [0.5, 0.6) is 0 Å². The van der Waals surface area contributed by atoms with Crippen LogP contribution in [0.4, 0.5) is 16.0 Å². The molecule has 0 aliphatic heterocycles. The van der Waals surface area contributed by atoms with Gasteiger partial charge in [-0.3, -0.25) is 19.2 Å². The van der Waals surface area contributed by atoms with Crippen molar-refractivity contribution in [3.63, 3.8) is 0 Å². The van der Waals surface area contributed by atoms with E-state index in [9.17, 15) is 19.2 Å². The zero-order valence-corrected chi connectivity index (χ0v) is 20.4. The Kier molecular flexibility index (Phi) is 6.16. The van der Waals surface area contributed by atoms with Crippen molar-refractivity contribution in [1.29, 1.82) is 5.26 Å². The summed E-state index contributed by atoms with van der Waals surface area (Å²) in [5.74, 6) is -0.961. The summed E-state index contributed by atoms with van der Waals surface area (Å²) < 4.78 is 17.3. The first-order valence-corrected chi connectivity index (χ1v) is 11.3. The first-order chi connectivity index (χ1) is 17.7. The molecule has 0 amide bonds. The molecule has 4 heterocycles. The van der Waals surface area contributed by atoms with E-state index >= 15 is 0 Å². The molecule has 5 rings (SSSR count). The number of hydrogen-bond acceptors (Lipinski definition) is 8. The Hall–Kier alpha value is -4.60. The fourth-order valence-corrected chi connectivity index (χ4v) is 4.05. The van der Waals surface area contributed by atoms with Gasteiger partial charge in [0.05, 0.1) is 57.1 Å². The maximum atomic E-state index is 13.8. The molecular weight excluding hydrogens is 524 g/mol. The average Bonchev–Trinajstić information content (AvgIpc) is 3.21. The van der Waals surface area contributed by atoms with Crippen molar-refractivity contribution in [3.05, 3.63) is 97.1 Å². The Morgan fingerprint density at radius 1 is 1.14 bits per heavy atom. The maximum Gasteiger partial charge on any atom is 0.359 e. The van der Waals surface area contributed by atoms with Crippen molar-refractivity contribution in [3.8, 4) is 11.8 Å². The lowest BCUT2D eigenvalue weighted by Crippen LogP contribution is -2.42. The van der Waals surface area contributed by atoms with Crippen LogP contribution < -0.4 is 16.7 Å². The molecule has 184 valence electrons. The predicted octanol–water partition coefficient (Wildman–Crippen LogP) is 3.18. The standard InChI is InChI=1S/C23H14Cl2FN9O2/c1-33-10-13-3-20(17(25)5-19(13)32-33)30-21-31-22(36)35(16-4-14(24)7-28-8-16)23(37)34(21)11-15-2-12(6-27)18(26)9-29-15/h2-5,7-10H,11H2,1H3,(H,30,31,36). The van der Waals surface area contributed by atoms with Gasteiger partial charge in [0.15, 0.2) is 5.82 Å². The van der Waals surface area contributed by atoms with E-state index in [1.807, 2.05) is 0 Å². The zero-order valence-electron chi connectivity index (χ0n) is 18.9. The number of nitriles is 1. The second-order valence-electron chi connectivity index (χ2n) is 7.87. The molecule has 4 aromatic heterocycles. The highest BCUT2D eigenvalue weighted by atomic mass is 35.5. The Bertz CT molecular complexity index is 1860. The normalized spacial score (nSPS) is 11.0. The molecule has 1 N–H and O–H groups in total. The topological polar surface area (TPSA) is 136 Å². The summed E-state index contributed by atoms with van der Waals surface area (Å²) in [6, 6.07) is 7.64. The van der Waals surface area contributed by atoms with Crippen LogP contribution in [0.25, 0.3) is 16.6 Å². The van der Waals surface area contributed by atoms with Crippen LogP contribution >= 0.6 is 23.2 Å². The van der Waals surface area contributed by atoms with Gasteiger partial charge >= 0.3 is 11.4 Å². The first-order valence-electron chi connectivity index (χ1n) is 10.5. The monoisotopic (exact) mass is 537 g/mol. The predicted molar refractivity (Wildman–Crippen MR) is 134 cm³/mol. The number of aryl methyl sites for hydroxylation is 1. The van der Waals surface area contributed by atoms with Crippen molar-refractivity contribution in [2.45, 2.75) is 6.54 Å². The minimum atomic E-state index is -0.906. The van der Waals surface area contributed by atoms with Crippen molar-refractivity contribution < 1.29 is 4.39 Å². The van der Waals surface area contributed by atoms with Crippen LogP contribution in [0.2, 0.25) is 10.0 Å². The summed E-state index contributed by atoms with van der Waals surface area (Å²) in [7, 11) is 1.76. The number of benzene rings is 1. The van der Waals surface area contributed by atoms with Gasteiger partial charge in [-0.25, -0.2) is 18.5 Å². The van der Waals surface area contributed by atoms with Gasteiger partial charge in [0.25, 0.3) is 0 Å². The van der Waals surface area contributed by atoms with Gasteiger partial charge in [0, 0.05) is 24.8 Å². The smallest absolute Gasteiger partial charge is 0.324 e. The second kappa shape index (κ2) is 9.45. The van der Waals surface area contributed by atoms with E-state index in [2.05, 4.69) is 25.4 Å². The third kappa shape index (κ3) is 4.65. The van der Waals surface area contributed by atoms with E-state index in [1.54, 1.807) is 36.1 Å². The van der Waals surface area contributed by atoms with Gasteiger partial charge in [-0.05, 0) is 24.3 Å². The number of pyridine rings is 2. The first kappa shape index (κ1) is 24.1. The van der Waals surface area contributed by atoms with E-state index in [0.717, 1.165) is 20.7 Å². The lowest BCUT2D eigenvalue weighted by molar-refractivity contribution is 0.608. The molecule has 0 saturated carbocycles. The van der Waals surface area contributed by atoms with Gasteiger partial charge in [0.2, 0.25) is 5.95 Å². The second-order valence-corrected chi connectivity index (χ2v) is 8.71. The zero-order chi connectivity index (χ0) is 26.3. The third-order valence-electron chi connectivity index (χ3n) is 5.33. The Labute approximate surface area is 217 Å². The molecule has 0 radical (unpaired) electrons. The molecule has 0 bridgehead atoms. The number of hydrogen-bond donors (Lipinski definition) is 1. The number of rotatable bonds is 5. The molecule has 0 unspecified atom stereocenters. The van der Waals surface area contributed by atoms with Crippen molar-refractivity contribution >= 4 is 45.7 Å². The summed E-state index contributed by atoms with van der Waals surface area (Å²) >= 11 is 12.4. The van der Waals surface area contributed by atoms with Gasteiger partial charge in [-0.2, -0.15) is 15.3 Å². The highest BCUT2D eigenvalue weighted by Crippen LogP contribution is 2.29. The lowest BCUT2D eigenvalue weighted by atomic mass is 10.2. The van der Waals surface area contributed by atoms with Gasteiger partial charge in [0.1, 0.15) is 6.07 Å². The highest BCUT2D eigenvalue weighted by Gasteiger charge is 2.18. The Balaban J connectivity index is 1.69. The molecule has 0 fully saturated rings. The number of nitrogens with one attached hydrogen (secondary N) is 1. The molecule has 0 saturated heterocycles. The molecule has 0 spiro atoms. The molecule has 11 nitrogen and oxygen atoms in total. The molecule has 0 aliphatic carbocycles. The molecule has 14 heteroatoms.